The summed E-state index contributed by atoms with van der Waals surface area (Å²) in [4.78, 5) is 68.5. The number of rotatable bonds is 20. The van der Waals surface area contributed by atoms with Crippen molar-refractivity contribution in [2.24, 2.45) is 46.6 Å². The van der Waals surface area contributed by atoms with Gasteiger partial charge in [0.15, 0.2) is 30.3 Å². The molecule has 0 radical (unpaired) electrons. The van der Waals surface area contributed by atoms with Gasteiger partial charge in [0.2, 0.25) is 10.0 Å². The number of likely N-dealkylation sites (N-methyl/N-ethyl adjacent to an activating group) is 1. The molecule has 25 heteroatoms. The zero-order valence-corrected chi connectivity index (χ0v) is 56.4. The lowest BCUT2D eigenvalue weighted by atomic mass is 9.74. The molecule has 1 unspecified atom stereocenters. The first-order valence-corrected chi connectivity index (χ1v) is 33.5. The summed E-state index contributed by atoms with van der Waals surface area (Å²) in [5, 5.41) is 30.1. The average molecular weight is 1280 g/mol. The number of aliphatic hydroxyl groups is 2. The monoisotopic (exact) mass is 1280 g/mol. The van der Waals surface area contributed by atoms with E-state index in [0.717, 1.165) is 6.42 Å². The van der Waals surface area contributed by atoms with Crippen LogP contribution in [-0.2, 0) is 81.3 Å². The Balaban J connectivity index is 1.52. The SMILES string of the molecule is CO/N=C1\C[C@@H](C)O[C@@H](O[C@@H]2[C@@H](C)[C@H](O[C@H]3CC(C)N(C)C[C@H](C)O3)[C@@H](C)C(=O)O[C@H]([C@@H](C)CO[C@@H]3O[C@H](C)[C@@H](O)[C@@H](OC)[C@H]3OC)[C@H](C)[C@@H](OC(=O)CC(C)C)[C@@H](C)C(=O)[C@@](C)(OC(=O)NC3(CNS(=O)(=O)c4ccccc4)CCCCC3)C[C@@H]2C)[C@@H]1O. The van der Waals surface area contributed by atoms with Gasteiger partial charge in [-0.3, -0.25) is 14.4 Å². The van der Waals surface area contributed by atoms with E-state index in [1.807, 2.05) is 34.7 Å². The Kier molecular flexibility index (Phi) is 27.3. The van der Waals surface area contributed by atoms with Crippen LogP contribution in [0.4, 0.5) is 4.79 Å². The third kappa shape index (κ3) is 19.1. The van der Waals surface area contributed by atoms with Crippen molar-refractivity contribution in [3.8, 4) is 0 Å². The van der Waals surface area contributed by atoms with Crippen LogP contribution >= 0.6 is 0 Å². The average Bonchev–Trinajstić information content (AvgIpc) is 2.03. The number of hydrogen-bond donors (Lipinski definition) is 4. The number of sulfonamides is 1. The lowest BCUT2D eigenvalue weighted by Crippen LogP contribution is -2.59. The molecule has 4 N–H and O–H groups in total. The molecule has 1 aromatic rings. The standard InChI is InChI=1S/C64H106N4O20S/c1-35(2)28-48(69)84-54-42(9)53(37(4)33-80-61-57(78-16)56(77-15)50(70)45(12)83-61)86-59(73)44(11)55(85-49-29-38(5)68(14)32-40(7)81-49)41(8)52(87-60-51(71)47(67-79-17)30-39(6)82-60)36(3)31-63(13,58(72)43(54)10)88-62(74)66-64(26-22-19-23-27-64)34-65-89(75,76)46-24-20-18-21-25-46/h18,20-21,24-25,35-45,49-57,60-61,65,70-71H,19,22-23,26-34H2,1-17H3,(H,66,74)/b67-47+/t36-,37-,38?,39+,40-,41+,42-,43+,44+,45+,49-,50+,51+,52-,53+,54+,55-,56+,57+,60-,61+,63-/m0/s1. The van der Waals surface area contributed by atoms with Gasteiger partial charge in [-0.1, -0.05) is 91.1 Å². The van der Waals surface area contributed by atoms with E-state index < -0.39 is 160 Å². The summed E-state index contributed by atoms with van der Waals surface area (Å²) < 4.78 is 101. The van der Waals surface area contributed by atoms with Gasteiger partial charge < -0.3 is 77.4 Å². The minimum Gasteiger partial charge on any atom is -0.461 e. The van der Waals surface area contributed by atoms with Gasteiger partial charge in [0.1, 0.15) is 43.7 Å². The Morgan fingerprint density at radius 3 is 2.10 bits per heavy atom. The first kappa shape index (κ1) is 74.1. The highest BCUT2D eigenvalue weighted by molar-refractivity contribution is 7.89. The molecule has 1 amide bonds. The van der Waals surface area contributed by atoms with Crippen molar-refractivity contribution in [1.29, 1.82) is 0 Å². The predicted octanol–water partition coefficient (Wildman–Crippen LogP) is 6.69. The van der Waals surface area contributed by atoms with E-state index in [9.17, 15) is 23.4 Å². The Bertz CT molecular complexity index is 2580. The third-order valence-corrected chi connectivity index (χ3v) is 20.2. The van der Waals surface area contributed by atoms with Crippen molar-refractivity contribution in [2.75, 3.05) is 48.1 Å². The molecule has 4 aliphatic heterocycles. The molecule has 0 spiro atoms. The summed E-state index contributed by atoms with van der Waals surface area (Å²) in [6.07, 6.45) is -11.6. The molecule has 0 bridgehead atoms. The molecule has 0 aromatic heterocycles. The van der Waals surface area contributed by atoms with Crippen molar-refractivity contribution >= 4 is 39.6 Å². The van der Waals surface area contributed by atoms with Crippen LogP contribution in [0.25, 0.3) is 0 Å². The van der Waals surface area contributed by atoms with Crippen LogP contribution in [0, 0.1) is 41.4 Å². The third-order valence-electron chi connectivity index (χ3n) is 18.8. The molecule has 24 nitrogen and oxygen atoms in total. The summed E-state index contributed by atoms with van der Waals surface area (Å²) in [6, 6.07) is 7.89. The quantitative estimate of drug-likeness (QED) is 0.0601. The van der Waals surface area contributed by atoms with Crippen molar-refractivity contribution in [3.05, 3.63) is 30.3 Å². The summed E-state index contributed by atoms with van der Waals surface area (Å²) in [7, 11) is 2.22. The molecule has 6 rings (SSSR count). The topological polar surface area (TPSA) is 293 Å². The Labute approximate surface area is 528 Å². The second-order valence-corrected chi connectivity index (χ2v) is 28.5. The fraction of sp³-hybridized carbons (Fsp3) is 0.828. The Hall–Kier alpha value is -3.96. The number of ketones is 1. The molecule has 5 aliphatic rings. The van der Waals surface area contributed by atoms with Crippen molar-refractivity contribution in [1.82, 2.24) is 14.9 Å². The highest BCUT2D eigenvalue weighted by atomic mass is 32.2. The van der Waals surface area contributed by atoms with Crippen molar-refractivity contribution in [3.63, 3.8) is 0 Å². The molecule has 1 aromatic carbocycles. The van der Waals surface area contributed by atoms with E-state index in [4.69, 9.17) is 56.9 Å². The smallest absolute Gasteiger partial charge is 0.408 e. The molecule has 89 heavy (non-hydrogen) atoms. The van der Waals surface area contributed by atoms with Gasteiger partial charge in [0, 0.05) is 70.4 Å². The van der Waals surface area contributed by atoms with Gasteiger partial charge in [-0.15, -0.1) is 0 Å². The number of benzene rings is 1. The zero-order valence-electron chi connectivity index (χ0n) is 55.6. The van der Waals surface area contributed by atoms with Gasteiger partial charge in [0.25, 0.3) is 0 Å². The highest BCUT2D eigenvalue weighted by Crippen LogP contribution is 2.41. The van der Waals surface area contributed by atoms with E-state index in [1.54, 1.807) is 66.7 Å². The molecule has 4 saturated heterocycles. The molecular weight excluding hydrogens is 1180 g/mol. The second-order valence-electron chi connectivity index (χ2n) is 26.8. The molecule has 22 atom stereocenters. The van der Waals surface area contributed by atoms with Gasteiger partial charge in [0.05, 0.1) is 65.1 Å². The van der Waals surface area contributed by atoms with Crippen LogP contribution < -0.4 is 10.0 Å². The highest BCUT2D eigenvalue weighted by Gasteiger charge is 2.53. The number of methoxy groups -OCH3 is 2. The van der Waals surface area contributed by atoms with Crippen molar-refractivity contribution < 1.29 is 94.8 Å². The number of ether oxygens (including phenoxy) is 11. The van der Waals surface area contributed by atoms with E-state index in [0.29, 0.717) is 38.6 Å². The summed E-state index contributed by atoms with van der Waals surface area (Å²) in [5.74, 6) is -8.00. The van der Waals surface area contributed by atoms with Gasteiger partial charge in [-0.2, -0.15) is 0 Å². The number of cyclic esters (lactones) is 1. The first-order valence-electron chi connectivity index (χ1n) is 32.0. The number of carbonyl (C=O) groups excluding carboxylic acids is 4. The number of amides is 1. The number of Topliss-reactive ketones (excluding diaryl/α,β-unsaturated/α-hetero) is 1. The van der Waals surface area contributed by atoms with Crippen molar-refractivity contribution in [2.45, 2.75) is 256 Å². The van der Waals surface area contributed by atoms with Crippen LogP contribution in [0.3, 0.4) is 0 Å². The maximum atomic E-state index is 16.2. The van der Waals surface area contributed by atoms with E-state index >= 15 is 14.4 Å². The number of nitrogens with zero attached hydrogens (tertiary/aromatic N) is 2. The van der Waals surface area contributed by atoms with Crippen LogP contribution in [-0.4, -0.2) is 204 Å². The molecule has 1 saturated carbocycles. The molecule has 508 valence electrons. The minimum atomic E-state index is -4.03. The molecule has 1 aliphatic carbocycles. The number of carbonyl (C=O) groups is 4. The zero-order chi connectivity index (χ0) is 65.9. The molecular formula is C64H106N4O20S. The van der Waals surface area contributed by atoms with Gasteiger partial charge in [-0.05, 0) is 91.8 Å². The largest absolute Gasteiger partial charge is 0.461 e. The molecule has 4 heterocycles. The fourth-order valence-electron chi connectivity index (χ4n) is 13.7. The summed E-state index contributed by atoms with van der Waals surface area (Å²) in [5.41, 5.74) is -2.99. The van der Waals surface area contributed by atoms with Gasteiger partial charge in [-0.25, -0.2) is 17.9 Å². The normalized spacial score (nSPS) is 38.2. The Morgan fingerprint density at radius 2 is 1.47 bits per heavy atom. The number of nitrogens with one attached hydrogen (secondary N) is 2. The molecule has 5 fully saturated rings. The minimum absolute atomic E-state index is 0.0238. The van der Waals surface area contributed by atoms with E-state index in [2.05, 4.69) is 27.0 Å². The maximum absolute atomic E-state index is 16.2. The summed E-state index contributed by atoms with van der Waals surface area (Å²) >= 11 is 0. The maximum Gasteiger partial charge on any atom is 0.408 e. The van der Waals surface area contributed by atoms with Crippen LogP contribution in [0.15, 0.2) is 40.4 Å². The summed E-state index contributed by atoms with van der Waals surface area (Å²) in [6.45, 7) is 23.4. The second kappa shape index (κ2) is 32.7. The first-order chi connectivity index (χ1) is 41.9. The fourth-order valence-corrected chi connectivity index (χ4v) is 14.8. The number of aliphatic hydroxyl groups excluding tert-OH is 2. The van der Waals surface area contributed by atoms with Crippen LogP contribution in [0.5, 0.6) is 0 Å². The number of alkyl carbamates (subject to hydrolysis) is 1. The number of hydrogen-bond acceptors (Lipinski definition) is 22. The van der Waals surface area contributed by atoms with Crippen LogP contribution in [0.2, 0.25) is 0 Å². The number of oxime groups is 1. The van der Waals surface area contributed by atoms with E-state index in [1.165, 1.54) is 40.4 Å². The van der Waals surface area contributed by atoms with E-state index in [-0.39, 0.29) is 61.1 Å². The lowest BCUT2D eigenvalue weighted by molar-refractivity contribution is -0.305. The van der Waals surface area contributed by atoms with Crippen LogP contribution in [0.1, 0.15) is 148 Å². The predicted molar refractivity (Wildman–Crippen MR) is 327 cm³/mol. The lowest BCUT2D eigenvalue weighted by Gasteiger charge is -2.45. The van der Waals surface area contributed by atoms with Gasteiger partial charge >= 0.3 is 18.0 Å². The number of esters is 2. The Morgan fingerprint density at radius 1 is 0.809 bits per heavy atom.